The molecule has 11 nitrogen and oxygen atoms in total. The summed E-state index contributed by atoms with van der Waals surface area (Å²) in [6.45, 7) is 15.9. The van der Waals surface area contributed by atoms with Crippen molar-refractivity contribution in [2.45, 2.75) is 72.4 Å². The molecule has 1 amide bonds. The molecule has 1 aromatic carbocycles. The SMILES string of the molecule is C=O.C=O.CC(C)(C)C(C(=O)N1CCCC1)C1(F)CC1.CCc1ccc(-c2scnc2C)cc1OC[N-]N.CN.CN.CO.[Y]. The van der Waals surface area contributed by atoms with Crippen LogP contribution < -0.4 is 22.0 Å². The van der Waals surface area contributed by atoms with E-state index >= 15 is 0 Å². The van der Waals surface area contributed by atoms with E-state index in [9.17, 15) is 9.18 Å². The Kier molecular flexibility index (Phi) is 31.8. The molecule has 4 rings (SSSR count). The molecule has 1 radical (unpaired) electrons. The van der Waals surface area contributed by atoms with Gasteiger partial charge in [0.05, 0.1) is 22.0 Å². The summed E-state index contributed by atoms with van der Waals surface area (Å²) in [6.07, 6.45) is 4.19. The molecular formula is C31H56FN6O5SY-. The number of nitrogens with two attached hydrogens (primary N) is 3. The number of carbonyl (C=O) groups excluding carboxylic acids is 3. The Morgan fingerprint density at radius 2 is 1.64 bits per heavy atom. The van der Waals surface area contributed by atoms with Crippen molar-refractivity contribution in [3.8, 4) is 16.2 Å². The van der Waals surface area contributed by atoms with E-state index in [1.165, 1.54) is 19.0 Å². The van der Waals surface area contributed by atoms with Gasteiger partial charge in [-0.2, -0.15) is 0 Å². The summed E-state index contributed by atoms with van der Waals surface area (Å²) >= 11 is 1.63. The van der Waals surface area contributed by atoms with Crippen molar-refractivity contribution in [1.82, 2.24) is 9.88 Å². The van der Waals surface area contributed by atoms with Crippen LogP contribution in [0.15, 0.2) is 23.7 Å². The molecule has 2 fully saturated rings. The Bertz CT molecular complexity index is 1010. The van der Waals surface area contributed by atoms with Gasteiger partial charge in [0.25, 0.3) is 0 Å². The Morgan fingerprint density at radius 3 is 2.02 bits per heavy atom. The Morgan fingerprint density at radius 1 is 1.13 bits per heavy atom. The molecule has 45 heavy (non-hydrogen) atoms. The molecule has 1 aromatic heterocycles. The van der Waals surface area contributed by atoms with Crippen molar-refractivity contribution >= 4 is 30.8 Å². The summed E-state index contributed by atoms with van der Waals surface area (Å²) < 4.78 is 19.9. The second kappa shape index (κ2) is 28.5. The zero-order valence-corrected chi connectivity index (χ0v) is 32.1. The molecule has 0 bridgehead atoms. The van der Waals surface area contributed by atoms with E-state index in [0.717, 1.165) is 62.0 Å². The number of hydrogen-bond acceptors (Lipinski definition) is 10. The molecule has 2 aromatic rings. The van der Waals surface area contributed by atoms with Gasteiger partial charge in [-0.15, -0.1) is 11.3 Å². The van der Waals surface area contributed by atoms with E-state index in [4.69, 9.17) is 25.3 Å². The van der Waals surface area contributed by atoms with E-state index in [-0.39, 0.29) is 50.8 Å². The molecule has 2 heterocycles. The number of rotatable bonds is 7. The van der Waals surface area contributed by atoms with Crippen molar-refractivity contribution in [3.63, 3.8) is 0 Å². The second-order valence-corrected chi connectivity index (χ2v) is 11.1. The van der Waals surface area contributed by atoms with Crippen LogP contribution in [-0.4, -0.2) is 81.2 Å². The number of hydrogen-bond donors (Lipinski definition) is 4. The van der Waals surface area contributed by atoms with Gasteiger partial charge >= 0.3 is 0 Å². The second-order valence-electron chi connectivity index (χ2n) is 10.3. The van der Waals surface area contributed by atoms with Crippen molar-refractivity contribution < 1.29 is 61.3 Å². The fourth-order valence-electron chi connectivity index (χ4n) is 4.70. The van der Waals surface area contributed by atoms with Crippen LogP contribution in [0.1, 0.15) is 64.6 Å². The maximum Gasteiger partial charge on any atom is 0.229 e. The van der Waals surface area contributed by atoms with Crippen LogP contribution in [0.2, 0.25) is 0 Å². The Hall–Kier alpha value is -1.71. The van der Waals surface area contributed by atoms with Crippen LogP contribution in [0, 0.1) is 18.3 Å². The van der Waals surface area contributed by atoms with Gasteiger partial charge < -0.3 is 47.1 Å². The summed E-state index contributed by atoms with van der Waals surface area (Å²) in [6, 6.07) is 6.22. The van der Waals surface area contributed by atoms with E-state index in [2.05, 4.69) is 40.9 Å². The van der Waals surface area contributed by atoms with Gasteiger partial charge in [-0.1, -0.05) is 39.8 Å². The molecule has 1 saturated carbocycles. The number of thiazole rings is 1. The third-order valence-electron chi connectivity index (χ3n) is 6.53. The number of halogens is 1. The number of amides is 1. The van der Waals surface area contributed by atoms with Crippen LogP contribution in [0.5, 0.6) is 5.75 Å². The van der Waals surface area contributed by atoms with Crippen molar-refractivity contribution in [2.75, 3.05) is 41.0 Å². The van der Waals surface area contributed by atoms with Crippen LogP contribution >= 0.6 is 11.3 Å². The number of ether oxygens (including phenoxy) is 1. The standard InChI is InChI=1S/C13H22FNO.C13H16N3OS.2CH5N.CH4O.2CH2O.Y/c1-12(2,3)10(13(14)6-7-13)11(16)15-8-4-5-9-15;1-3-10-4-5-11(6-12(10)17-7-16-14)13-9(2)15-8-18-13;5*1-2;/h10H,4-9H2,1-3H3;4-6,8H,3,7,14H2,1-2H3;2*2H2,1H3;2H,1H3;2*1H2;/q;-1;;;;;;. The average molecular weight is 733 g/mol. The number of nitrogens with zero attached hydrogens (tertiary/aromatic N) is 3. The number of aryl methyl sites for hydroxylation is 2. The van der Waals surface area contributed by atoms with Gasteiger partial charge in [-0.05, 0) is 75.7 Å². The predicted octanol–water partition coefficient (Wildman–Crippen LogP) is 4.42. The zero-order chi connectivity index (χ0) is 34.9. The molecule has 1 saturated heterocycles. The number of carbonyl (C=O) groups is 3. The van der Waals surface area contributed by atoms with E-state index < -0.39 is 11.6 Å². The smallest absolute Gasteiger partial charge is 0.229 e. The molecule has 1 aliphatic heterocycles. The van der Waals surface area contributed by atoms with Crippen LogP contribution in [-0.2, 0) is 53.5 Å². The van der Waals surface area contributed by atoms with Gasteiger partial charge in [0.15, 0.2) is 0 Å². The zero-order valence-electron chi connectivity index (χ0n) is 28.5. The minimum atomic E-state index is -1.21. The number of aliphatic hydroxyl groups is 1. The first kappa shape index (κ1) is 50.2. The van der Waals surface area contributed by atoms with Crippen LogP contribution in [0.25, 0.3) is 15.9 Å². The summed E-state index contributed by atoms with van der Waals surface area (Å²) in [7, 11) is 4.00. The minimum absolute atomic E-state index is 0. The molecular weight excluding hydrogens is 676 g/mol. The molecule has 0 spiro atoms. The molecule has 2 aliphatic rings. The first-order valence-electron chi connectivity index (χ1n) is 14.3. The van der Waals surface area contributed by atoms with Gasteiger partial charge in [0.2, 0.25) is 5.91 Å². The number of aromatic nitrogens is 1. The minimum Gasteiger partial charge on any atom is -0.567 e. The molecule has 7 N–H and O–H groups in total. The fourth-order valence-corrected chi connectivity index (χ4v) is 5.51. The monoisotopic (exact) mass is 732 g/mol. The summed E-state index contributed by atoms with van der Waals surface area (Å²) in [5, 5.41) is 7.00. The first-order valence-corrected chi connectivity index (χ1v) is 15.2. The largest absolute Gasteiger partial charge is 0.567 e. The maximum atomic E-state index is 14.3. The van der Waals surface area contributed by atoms with Crippen LogP contribution in [0.3, 0.4) is 0 Å². The van der Waals surface area contributed by atoms with Crippen LogP contribution in [0.4, 0.5) is 4.39 Å². The quantitative estimate of drug-likeness (QED) is 0.236. The van der Waals surface area contributed by atoms with Crippen molar-refractivity contribution in [1.29, 1.82) is 0 Å². The normalized spacial score (nSPS) is 13.9. The predicted molar refractivity (Wildman–Crippen MR) is 179 cm³/mol. The number of benzene rings is 1. The number of aliphatic hydroxyl groups excluding tert-OH is 1. The molecule has 1 atom stereocenters. The van der Waals surface area contributed by atoms with Crippen molar-refractivity contribution in [2.24, 2.45) is 28.6 Å². The van der Waals surface area contributed by atoms with Gasteiger partial charge in [-0.3, -0.25) is 4.79 Å². The van der Waals surface area contributed by atoms with Crippen molar-refractivity contribution in [3.05, 3.63) is 40.4 Å². The summed E-state index contributed by atoms with van der Waals surface area (Å²) in [5.41, 5.74) is 16.2. The number of alkyl halides is 1. The molecule has 257 valence electrons. The first-order chi connectivity index (χ1) is 21.1. The van der Waals surface area contributed by atoms with Gasteiger partial charge in [0, 0.05) is 59.6 Å². The topological polar surface area (TPSA) is 189 Å². The summed E-state index contributed by atoms with van der Waals surface area (Å²) in [4.78, 5) is 35.7. The average Bonchev–Trinajstić information content (AvgIpc) is 3.40. The maximum absolute atomic E-state index is 14.3. The Labute approximate surface area is 299 Å². The number of likely N-dealkylation sites (tertiary alicyclic amines) is 1. The third kappa shape index (κ3) is 17.1. The van der Waals surface area contributed by atoms with Gasteiger partial charge in [-0.25, -0.2) is 9.37 Å². The summed E-state index contributed by atoms with van der Waals surface area (Å²) in [5.74, 6) is 5.56. The third-order valence-corrected chi connectivity index (χ3v) is 7.50. The molecule has 14 heteroatoms. The fraction of sp³-hybridized carbons (Fsp3) is 0.613. The van der Waals surface area contributed by atoms with E-state index in [1.54, 1.807) is 11.3 Å². The van der Waals surface area contributed by atoms with E-state index in [0.29, 0.717) is 12.8 Å². The molecule has 1 aliphatic carbocycles. The van der Waals surface area contributed by atoms with E-state index in [1.807, 2.05) is 57.7 Å². The van der Waals surface area contributed by atoms with Gasteiger partial charge in [0.1, 0.15) is 25.0 Å². The molecule has 1 unspecified atom stereocenters. The Balaban J connectivity index is -0.000000288.